The molecule has 3 N–H and O–H groups in total. The summed E-state index contributed by atoms with van der Waals surface area (Å²) in [5.41, 5.74) is 3.35. The summed E-state index contributed by atoms with van der Waals surface area (Å²) >= 11 is 8.64. The highest BCUT2D eigenvalue weighted by Gasteiger charge is 2.16. The maximum absolute atomic E-state index is 12.8. The molecule has 0 radical (unpaired) electrons. The highest BCUT2D eigenvalue weighted by Crippen LogP contribution is 2.26. The molecule has 0 heterocycles. The zero-order chi connectivity index (χ0) is 25.6. The molecular weight excluding hydrogens is 550 g/mol. The molecule has 3 aromatic carbocycles. The second kappa shape index (κ2) is 11.7. The molecule has 0 atom stereocenters. The monoisotopic (exact) mass is 575 g/mol. The van der Waals surface area contributed by atoms with Crippen molar-refractivity contribution in [1.82, 2.24) is 5.32 Å². The Hall–Kier alpha value is -2.95. The highest BCUT2D eigenvalue weighted by atomic mass is 79.9. The molecule has 0 saturated carbocycles. The maximum Gasteiger partial charge on any atom is 0.261 e. The minimum Gasteiger partial charge on any atom is -0.492 e. The van der Waals surface area contributed by atoms with Crippen molar-refractivity contribution in [2.45, 2.75) is 32.1 Å². The SMILES string of the molecule is CCCOc1ccc(C(=O)NC(=S)Nc2ccc(S(=O)(=O)Nc3ccc(C)cc3C)cc2)cc1Br. The number of carbonyl (C=O) groups is 1. The Morgan fingerprint density at radius 3 is 2.37 bits per heavy atom. The van der Waals surface area contributed by atoms with Gasteiger partial charge in [-0.05, 0) is 103 Å². The van der Waals surface area contributed by atoms with Gasteiger partial charge in [-0.25, -0.2) is 8.42 Å². The average Bonchev–Trinajstić information content (AvgIpc) is 2.80. The average molecular weight is 577 g/mol. The summed E-state index contributed by atoms with van der Waals surface area (Å²) in [6, 6.07) is 16.6. The fourth-order valence-corrected chi connectivity index (χ4v) is 4.99. The molecule has 184 valence electrons. The van der Waals surface area contributed by atoms with E-state index < -0.39 is 10.0 Å². The molecule has 0 aromatic heterocycles. The molecule has 35 heavy (non-hydrogen) atoms. The van der Waals surface area contributed by atoms with Gasteiger partial charge in [-0.3, -0.25) is 14.8 Å². The molecule has 0 bridgehead atoms. The predicted molar refractivity (Wildman–Crippen MR) is 147 cm³/mol. The van der Waals surface area contributed by atoms with Crippen LogP contribution in [-0.2, 0) is 10.0 Å². The van der Waals surface area contributed by atoms with Crippen molar-refractivity contribution in [3.05, 3.63) is 81.8 Å². The van der Waals surface area contributed by atoms with Gasteiger partial charge in [-0.1, -0.05) is 24.6 Å². The summed E-state index contributed by atoms with van der Waals surface area (Å²) in [7, 11) is -3.76. The van der Waals surface area contributed by atoms with Gasteiger partial charge >= 0.3 is 0 Å². The van der Waals surface area contributed by atoms with E-state index in [1.807, 2.05) is 32.9 Å². The van der Waals surface area contributed by atoms with E-state index in [9.17, 15) is 13.2 Å². The third-order valence-electron chi connectivity index (χ3n) is 4.93. The van der Waals surface area contributed by atoms with E-state index in [2.05, 4.69) is 31.3 Å². The number of sulfonamides is 1. The molecule has 3 rings (SSSR count). The lowest BCUT2D eigenvalue weighted by Gasteiger charge is -2.13. The third kappa shape index (κ3) is 7.27. The van der Waals surface area contributed by atoms with Gasteiger partial charge in [0.15, 0.2) is 5.11 Å². The second-order valence-corrected chi connectivity index (χ2v) is 10.8. The third-order valence-corrected chi connectivity index (χ3v) is 7.14. The number of thiocarbonyl (C=S) groups is 1. The first-order valence-electron chi connectivity index (χ1n) is 10.8. The summed E-state index contributed by atoms with van der Waals surface area (Å²) in [4.78, 5) is 12.6. The van der Waals surface area contributed by atoms with Gasteiger partial charge in [0.05, 0.1) is 21.7 Å². The van der Waals surface area contributed by atoms with Crippen molar-refractivity contribution in [2.75, 3.05) is 16.6 Å². The van der Waals surface area contributed by atoms with Crippen LogP contribution in [0.2, 0.25) is 0 Å². The number of hydrogen-bond donors (Lipinski definition) is 3. The first-order valence-corrected chi connectivity index (χ1v) is 13.5. The largest absolute Gasteiger partial charge is 0.492 e. The fourth-order valence-electron chi connectivity index (χ4n) is 3.16. The van der Waals surface area contributed by atoms with E-state index in [-0.39, 0.29) is 15.9 Å². The van der Waals surface area contributed by atoms with Gasteiger partial charge in [0.2, 0.25) is 0 Å². The zero-order valence-corrected chi connectivity index (χ0v) is 22.7. The summed E-state index contributed by atoms with van der Waals surface area (Å²) in [6.07, 6.45) is 0.879. The predicted octanol–water partition coefficient (Wildman–Crippen LogP) is 5.78. The first-order chi connectivity index (χ1) is 16.6. The van der Waals surface area contributed by atoms with Gasteiger partial charge in [0.1, 0.15) is 5.75 Å². The molecule has 10 heteroatoms. The van der Waals surface area contributed by atoms with Gasteiger partial charge in [0, 0.05) is 11.3 Å². The van der Waals surface area contributed by atoms with Crippen molar-refractivity contribution in [1.29, 1.82) is 0 Å². The van der Waals surface area contributed by atoms with Crippen LogP contribution < -0.4 is 20.1 Å². The van der Waals surface area contributed by atoms with Crippen LogP contribution in [0.25, 0.3) is 0 Å². The van der Waals surface area contributed by atoms with Crippen molar-refractivity contribution in [2.24, 2.45) is 0 Å². The molecule has 0 spiro atoms. The van der Waals surface area contributed by atoms with E-state index in [4.69, 9.17) is 17.0 Å². The van der Waals surface area contributed by atoms with Crippen LogP contribution in [0.3, 0.4) is 0 Å². The van der Waals surface area contributed by atoms with Crippen LogP contribution >= 0.6 is 28.1 Å². The standard InChI is InChI=1S/C25H26BrN3O4S2/c1-4-13-33-23-12-6-18(15-21(23)26)24(30)28-25(34)27-19-7-9-20(10-8-19)35(31,32)29-22-11-5-16(2)14-17(22)3/h5-12,14-15,29H,4,13H2,1-3H3,(H2,27,28,30,34). The number of nitrogens with one attached hydrogen (secondary N) is 3. The van der Waals surface area contributed by atoms with Crippen LogP contribution in [-0.4, -0.2) is 26.0 Å². The molecule has 0 saturated heterocycles. The summed E-state index contributed by atoms with van der Waals surface area (Å²) in [5, 5.41) is 5.58. The molecular formula is C25H26BrN3O4S2. The number of carbonyl (C=O) groups excluding carboxylic acids is 1. The van der Waals surface area contributed by atoms with E-state index in [0.29, 0.717) is 33.8 Å². The number of ether oxygens (including phenoxy) is 1. The minimum absolute atomic E-state index is 0.0847. The second-order valence-electron chi connectivity index (χ2n) is 7.85. The Morgan fingerprint density at radius 1 is 1.03 bits per heavy atom. The van der Waals surface area contributed by atoms with Gasteiger partial charge in [-0.15, -0.1) is 0 Å². The lowest BCUT2D eigenvalue weighted by molar-refractivity contribution is 0.0977. The molecule has 7 nitrogen and oxygen atoms in total. The molecule has 0 unspecified atom stereocenters. The smallest absolute Gasteiger partial charge is 0.261 e. The summed E-state index contributed by atoms with van der Waals surface area (Å²) < 4.78 is 34.4. The Kier molecular flexibility index (Phi) is 8.87. The Labute approximate surface area is 219 Å². The Morgan fingerprint density at radius 2 is 1.74 bits per heavy atom. The van der Waals surface area contributed by atoms with Crippen molar-refractivity contribution in [3.8, 4) is 5.75 Å². The molecule has 0 fully saturated rings. The van der Waals surface area contributed by atoms with Crippen LogP contribution in [0.5, 0.6) is 5.75 Å². The lowest BCUT2D eigenvalue weighted by atomic mass is 10.1. The van der Waals surface area contributed by atoms with Crippen LogP contribution in [0, 0.1) is 13.8 Å². The number of benzene rings is 3. The number of anilines is 2. The molecule has 0 aliphatic carbocycles. The minimum atomic E-state index is -3.76. The van der Waals surface area contributed by atoms with Gasteiger partial charge < -0.3 is 10.1 Å². The highest BCUT2D eigenvalue weighted by molar-refractivity contribution is 9.10. The molecule has 0 aliphatic heterocycles. The number of aryl methyl sites for hydroxylation is 2. The van der Waals surface area contributed by atoms with E-state index in [1.54, 1.807) is 36.4 Å². The summed E-state index contributed by atoms with van der Waals surface area (Å²) in [5.74, 6) is 0.272. The van der Waals surface area contributed by atoms with Crippen LogP contribution in [0.15, 0.2) is 70.0 Å². The summed E-state index contributed by atoms with van der Waals surface area (Å²) in [6.45, 7) is 6.39. The first kappa shape index (κ1) is 26.7. The van der Waals surface area contributed by atoms with Crippen LogP contribution in [0.1, 0.15) is 34.8 Å². The zero-order valence-electron chi connectivity index (χ0n) is 19.5. The Balaban J connectivity index is 1.61. The van der Waals surface area contributed by atoms with Crippen molar-refractivity contribution in [3.63, 3.8) is 0 Å². The molecule has 3 aromatic rings. The van der Waals surface area contributed by atoms with E-state index in [0.717, 1.165) is 17.5 Å². The van der Waals surface area contributed by atoms with Crippen molar-refractivity contribution >= 4 is 60.6 Å². The number of hydrogen-bond acceptors (Lipinski definition) is 5. The molecule has 0 aliphatic rings. The quantitative estimate of drug-likeness (QED) is 0.294. The topological polar surface area (TPSA) is 96.5 Å². The van der Waals surface area contributed by atoms with Gasteiger partial charge in [-0.2, -0.15) is 0 Å². The van der Waals surface area contributed by atoms with Crippen LogP contribution in [0.4, 0.5) is 11.4 Å². The molecule has 1 amide bonds. The number of rotatable bonds is 8. The number of amides is 1. The van der Waals surface area contributed by atoms with Crippen molar-refractivity contribution < 1.29 is 17.9 Å². The number of halogens is 1. The maximum atomic E-state index is 12.8. The fraction of sp³-hybridized carbons (Fsp3) is 0.200. The Bertz CT molecular complexity index is 1340. The normalized spacial score (nSPS) is 11.0. The van der Waals surface area contributed by atoms with E-state index >= 15 is 0 Å². The van der Waals surface area contributed by atoms with E-state index in [1.165, 1.54) is 12.1 Å². The van der Waals surface area contributed by atoms with Gasteiger partial charge in [0.25, 0.3) is 15.9 Å². The lowest BCUT2D eigenvalue weighted by Crippen LogP contribution is -2.34.